The zero-order chi connectivity index (χ0) is 12.7. The lowest BCUT2D eigenvalue weighted by Gasteiger charge is -2.09. The Bertz CT molecular complexity index is 289. The molecule has 1 amide bonds. The number of carbonyl (C=O) groups excluding carboxylic acids is 1. The number of amides is 1. The van der Waals surface area contributed by atoms with Crippen molar-refractivity contribution in [2.45, 2.75) is 53.0 Å². The topological polar surface area (TPSA) is 41.1 Å². The molecule has 3 nitrogen and oxygen atoms in total. The summed E-state index contributed by atoms with van der Waals surface area (Å²) in [4.78, 5) is 11.9. The van der Waals surface area contributed by atoms with Crippen molar-refractivity contribution in [1.82, 2.24) is 10.6 Å². The predicted molar refractivity (Wildman–Crippen MR) is 69.7 cm³/mol. The summed E-state index contributed by atoms with van der Waals surface area (Å²) in [7, 11) is 0. The fourth-order valence-corrected chi connectivity index (χ4v) is 3.09. The maximum Gasteiger partial charge on any atom is 0.220 e. The molecule has 1 unspecified atom stereocenters. The molecule has 1 saturated carbocycles. The van der Waals surface area contributed by atoms with E-state index in [9.17, 15) is 4.79 Å². The second kappa shape index (κ2) is 4.27. The lowest BCUT2D eigenvalue weighted by Crippen LogP contribution is -2.30. The van der Waals surface area contributed by atoms with Gasteiger partial charge in [-0.25, -0.2) is 0 Å². The third-order valence-corrected chi connectivity index (χ3v) is 5.27. The highest BCUT2D eigenvalue weighted by Crippen LogP contribution is 2.62. The Kier molecular flexibility index (Phi) is 3.23. The summed E-state index contributed by atoms with van der Waals surface area (Å²) in [5.74, 6) is 0.946. The van der Waals surface area contributed by atoms with E-state index in [2.05, 4.69) is 38.3 Å². The van der Waals surface area contributed by atoms with E-state index in [4.69, 9.17) is 0 Å². The van der Waals surface area contributed by atoms with Crippen LogP contribution in [0.1, 0.15) is 47.0 Å². The molecule has 2 fully saturated rings. The molecule has 98 valence electrons. The Morgan fingerprint density at radius 1 is 1.29 bits per heavy atom. The van der Waals surface area contributed by atoms with Crippen molar-refractivity contribution in [1.29, 1.82) is 0 Å². The molecule has 2 rings (SSSR count). The van der Waals surface area contributed by atoms with E-state index in [1.54, 1.807) is 0 Å². The van der Waals surface area contributed by atoms with E-state index in [0.29, 0.717) is 18.4 Å². The van der Waals surface area contributed by atoms with E-state index in [1.807, 2.05) is 0 Å². The van der Waals surface area contributed by atoms with Gasteiger partial charge < -0.3 is 10.6 Å². The molecule has 2 N–H and O–H groups in total. The van der Waals surface area contributed by atoms with Crippen LogP contribution < -0.4 is 10.6 Å². The Morgan fingerprint density at radius 3 is 2.41 bits per heavy atom. The third-order valence-electron chi connectivity index (χ3n) is 5.27. The van der Waals surface area contributed by atoms with Gasteiger partial charge in [0.1, 0.15) is 0 Å². The molecule has 1 saturated heterocycles. The van der Waals surface area contributed by atoms with E-state index in [1.165, 1.54) is 6.42 Å². The Balaban J connectivity index is 1.71. The molecule has 0 radical (unpaired) electrons. The molecule has 1 heterocycles. The monoisotopic (exact) mass is 238 g/mol. The number of nitrogens with one attached hydrogen (secondary N) is 2. The van der Waals surface area contributed by atoms with Gasteiger partial charge in [-0.15, -0.1) is 0 Å². The lowest BCUT2D eigenvalue weighted by molar-refractivity contribution is -0.121. The van der Waals surface area contributed by atoms with Crippen LogP contribution in [0, 0.1) is 16.7 Å². The van der Waals surface area contributed by atoms with Gasteiger partial charge in [0, 0.05) is 12.5 Å². The number of hydrogen-bond acceptors (Lipinski definition) is 2. The molecule has 1 atom stereocenters. The fraction of sp³-hybridized carbons (Fsp3) is 0.929. The molecule has 1 aliphatic carbocycles. The fourth-order valence-electron chi connectivity index (χ4n) is 3.09. The Morgan fingerprint density at radius 2 is 1.94 bits per heavy atom. The molecule has 1 aliphatic heterocycles. The minimum atomic E-state index is 0.237. The molecule has 0 aromatic heterocycles. The molecule has 0 spiro atoms. The minimum absolute atomic E-state index is 0.237. The molecule has 0 aromatic rings. The molecular weight excluding hydrogens is 212 g/mol. The highest BCUT2D eigenvalue weighted by molar-refractivity contribution is 5.77. The van der Waals surface area contributed by atoms with Gasteiger partial charge in [0.2, 0.25) is 5.91 Å². The summed E-state index contributed by atoms with van der Waals surface area (Å²) in [6, 6.07) is 0.351. The molecule has 0 bridgehead atoms. The Labute approximate surface area is 105 Å². The number of hydrogen-bond donors (Lipinski definition) is 2. The highest BCUT2D eigenvalue weighted by Gasteiger charge is 2.65. The van der Waals surface area contributed by atoms with Crippen molar-refractivity contribution in [3.63, 3.8) is 0 Å². The Hall–Kier alpha value is -0.570. The first kappa shape index (κ1) is 12.9. The van der Waals surface area contributed by atoms with Gasteiger partial charge in [-0.1, -0.05) is 27.7 Å². The minimum Gasteiger partial charge on any atom is -0.352 e. The predicted octanol–water partition coefficient (Wildman–Crippen LogP) is 1.93. The van der Waals surface area contributed by atoms with Crippen LogP contribution in [0.15, 0.2) is 0 Å². The van der Waals surface area contributed by atoms with Gasteiger partial charge in [-0.05, 0) is 42.7 Å². The van der Waals surface area contributed by atoms with Crippen LogP contribution >= 0.6 is 0 Å². The summed E-state index contributed by atoms with van der Waals surface area (Å²) in [6.07, 6.45) is 2.95. The largest absolute Gasteiger partial charge is 0.352 e. The standard InChI is InChI=1S/C14H26N2O/c1-13(2)12(14(13,3)4)16-11(17)6-5-10-7-8-15-9-10/h10,12,15H,5-9H2,1-4H3,(H,16,17). The normalized spacial score (nSPS) is 30.2. The van der Waals surface area contributed by atoms with Crippen LogP contribution in [0.2, 0.25) is 0 Å². The highest BCUT2D eigenvalue weighted by atomic mass is 16.1. The summed E-state index contributed by atoms with van der Waals surface area (Å²) >= 11 is 0. The maximum absolute atomic E-state index is 11.9. The summed E-state index contributed by atoms with van der Waals surface area (Å²) in [5.41, 5.74) is 0.495. The van der Waals surface area contributed by atoms with Crippen molar-refractivity contribution in [2.75, 3.05) is 13.1 Å². The van der Waals surface area contributed by atoms with Gasteiger partial charge in [0.05, 0.1) is 0 Å². The van der Waals surface area contributed by atoms with Crippen molar-refractivity contribution >= 4 is 5.91 Å². The summed E-state index contributed by atoms with van der Waals surface area (Å²) in [6.45, 7) is 11.2. The molecule has 0 aromatic carbocycles. The third kappa shape index (κ3) is 2.35. The zero-order valence-electron chi connectivity index (χ0n) is 11.6. The van der Waals surface area contributed by atoms with Crippen LogP contribution in [0.3, 0.4) is 0 Å². The smallest absolute Gasteiger partial charge is 0.220 e. The second-order valence-electron chi connectivity index (χ2n) is 6.84. The van der Waals surface area contributed by atoms with Crippen LogP contribution in [-0.4, -0.2) is 25.0 Å². The molecule has 3 heteroatoms. The quantitative estimate of drug-likeness (QED) is 0.786. The lowest BCUT2D eigenvalue weighted by atomic mass is 10.0. The van der Waals surface area contributed by atoms with Gasteiger partial charge in [0.15, 0.2) is 0 Å². The van der Waals surface area contributed by atoms with Crippen LogP contribution in [0.5, 0.6) is 0 Å². The second-order valence-corrected chi connectivity index (χ2v) is 6.84. The first-order valence-corrected chi connectivity index (χ1v) is 6.86. The molecule has 17 heavy (non-hydrogen) atoms. The molecular formula is C14H26N2O. The number of rotatable bonds is 4. The van der Waals surface area contributed by atoms with E-state index in [-0.39, 0.29) is 16.7 Å². The summed E-state index contributed by atoms with van der Waals surface area (Å²) < 4.78 is 0. The van der Waals surface area contributed by atoms with Crippen molar-refractivity contribution in [3.05, 3.63) is 0 Å². The first-order chi connectivity index (χ1) is 7.85. The number of carbonyl (C=O) groups is 1. The average Bonchev–Trinajstić information content (AvgIpc) is 2.68. The van der Waals surface area contributed by atoms with Crippen molar-refractivity contribution < 1.29 is 4.79 Å². The van der Waals surface area contributed by atoms with Crippen LogP contribution in [-0.2, 0) is 4.79 Å². The van der Waals surface area contributed by atoms with Crippen molar-refractivity contribution in [2.24, 2.45) is 16.7 Å². The van der Waals surface area contributed by atoms with Gasteiger partial charge in [-0.3, -0.25) is 4.79 Å². The van der Waals surface area contributed by atoms with Gasteiger partial charge >= 0.3 is 0 Å². The van der Waals surface area contributed by atoms with E-state index >= 15 is 0 Å². The first-order valence-electron chi connectivity index (χ1n) is 6.86. The maximum atomic E-state index is 11.9. The van der Waals surface area contributed by atoms with Crippen molar-refractivity contribution in [3.8, 4) is 0 Å². The SMILES string of the molecule is CC1(C)C(NC(=O)CCC2CCNC2)C1(C)C. The van der Waals surface area contributed by atoms with Gasteiger partial charge in [0.25, 0.3) is 0 Å². The van der Waals surface area contributed by atoms with Crippen LogP contribution in [0.4, 0.5) is 0 Å². The van der Waals surface area contributed by atoms with Crippen LogP contribution in [0.25, 0.3) is 0 Å². The zero-order valence-corrected chi connectivity index (χ0v) is 11.6. The average molecular weight is 238 g/mol. The van der Waals surface area contributed by atoms with E-state index < -0.39 is 0 Å². The molecule has 2 aliphatic rings. The van der Waals surface area contributed by atoms with Gasteiger partial charge in [-0.2, -0.15) is 0 Å². The van der Waals surface area contributed by atoms with E-state index in [0.717, 1.165) is 19.5 Å². The summed E-state index contributed by atoms with van der Waals surface area (Å²) in [5, 5.41) is 6.54.